The van der Waals surface area contributed by atoms with Crippen molar-refractivity contribution in [2.45, 2.75) is 27.3 Å². The molecule has 0 saturated carbocycles. The summed E-state index contributed by atoms with van der Waals surface area (Å²) in [5, 5.41) is 3.44. The van der Waals surface area contributed by atoms with Crippen molar-refractivity contribution < 1.29 is 16.8 Å². The highest BCUT2D eigenvalue weighted by molar-refractivity contribution is 7.91. The van der Waals surface area contributed by atoms with Gasteiger partial charge in [-0.05, 0) is 35.7 Å². The Morgan fingerprint density at radius 1 is 0.957 bits per heavy atom. The van der Waals surface area contributed by atoms with E-state index in [-0.39, 0.29) is 10.3 Å². The number of sulfonamides is 2. The molecule has 0 aliphatic carbocycles. The van der Waals surface area contributed by atoms with Crippen LogP contribution >= 0.6 is 22.7 Å². The third kappa shape index (κ3) is 3.67. The maximum atomic E-state index is 12.4. The minimum absolute atomic E-state index is 0.239. The van der Waals surface area contributed by atoms with E-state index < -0.39 is 20.0 Å². The molecule has 1 aliphatic heterocycles. The second kappa shape index (κ2) is 6.61. The molecule has 0 spiro atoms. The summed E-state index contributed by atoms with van der Waals surface area (Å²) < 4.78 is 54.0. The molecule has 0 atom stereocenters. The maximum absolute atomic E-state index is 12.4. The van der Waals surface area contributed by atoms with E-state index >= 15 is 0 Å². The largest absolute Gasteiger partial charge is 0.252 e. The van der Waals surface area contributed by atoms with Crippen LogP contribution in [0.3, 0.4) is 0 Å². The number of nitrogens with zero attached hydrogens (tertiary/aromatic N) is 1. The smallest absolute Gasteiger partial charge is 0.207 e. The van der Waals surface area contributed by atoms with E-state index in [1.807, 2.05) is 0 Å². The Kier molecular flexibility index (Phi) is 4.90. The molecule has 2 aromatic rings. The van der Waals surface area contributed by atoms with Crippen molar-refractivity contribution in [1.29, 1.82) is 0 Å². The summed E-state index contributed by atoms with van der Waals surface area (Å²) >= 11 is 2.36. The van der Waals surface area contributed by atoms with Crippen molar-refractivity contribution in [3.63, 3.8) is 0 Å². The zero-order valence-electron chi connectivity index (χ0n) is 12.1. The molecule has 1 saturated heterocycles. The van der Waals surface area contributed by atoms with Crippen molar-refractivity contribution in [3.8, 4) is 0 Å². The van der Waals surface area contributed by atoms with Crippen LogP contribution < -0.4 is 4.72 Å². The molecule has 2 aromatic heterocycles. The van der Waals surface area contributed by atoms with Crippen LogP contribution in [0.15, 0.2) is 43.4 Å². The first-order chi connectivity index (χ1) is 10.9. The predicted molar refractivity (Wildman–Crippen MR) is 90.7 cm³/mol. The molecule has 23 heavy (non-hydrogen) atoms. The fraction of sp³-hybridized carbons (Fsp3) is 0.385. The molecule has 6 nitrogen and oxygen atoms in total. The Balaban J connectivity index is 1.63. The monoisotopic (exact) mass is 392 g/mol. The summed E-state index contributed by atoms with van der Waals surface area (Å²) in [5.41, 5.74) is 0. The Labute approximate surface area is 143 Å². The highest BCUT2D eigenvalue weighted by atomic mass is 32.3. The molecule has 0 aromatic carbocycles. The van der Waals surface area contributed by atoms with E-state index in [0.29, 0.717) is 30.1 Å². The number of nitrogens with one attached hydrogen (secondary N) is 1. The Morgan fingerprint density at radius 3 is 2.04 bits per heavy atom. The van der Waals surface area contributed by atoms with Gasteiger partial charge in [0.15, 0.2) is 0 Å². The lowest BCUT2D eigenvalue weighted by molar-refractivity contribution is 0.309. The highest BCUT2D eigenvalue weighted by Gasteiger charge is 2.31. The molecule has 3 rings (SSSR count). The van der Waals surface area contributed by atoms with E-state index in [1.165, 1.54) is 27.0 Å². The number of thiophene rings is 2. The van der Waals surface area contributed by atoms with Crippen molar-refractivity contribution in [1.82, 2.24) is 9.03 Å². The van der Waals surface area contributed by atoms with Gasteiger partial charge in [-0.25, -0.2) is 21.6 Å². The van der Waals surface area contributed by atoms with Gasteiger partial charge in [-0.3, -0.25) is 0 Å². The molecule has 0 bridgehead atoms. The molecule has 3 heterocycles. The molecule has 10 heteroatoms. The number of rotatable bonds is 5. The van der Waals surface area contributed by atoms with Crippen molar-refractivity contribution in [2.75, 3.05) is 13.1 Å². The van der Waals surface area contributed by atoms with Gasteiger partial charge in [0.05, 0.1) is 0 Å². The average Bonchev–Trinajstić information content (AvgIpc) is 3.21. The van der Waals surface area contributed by atoms with Crippen LogP contribution in [0.4, 0.5) is 0 Å². The first kappa shape index (κ1) is 17.1. The topological polar surface area (TPSA) is 83.6 Å². The number of hydrogen-bond acceptors (Lipinski definition) is 6. The van der Waals surface area contributed by atoms with Gasteiger partial charge < -0.3 is 0 Å². The normalized spacial score (nSPS) is 18.3. The van der Waals surface area contributed by atoms with Gasteiger partial charge in [0, 0.05) is 19.1 Å². The standard InChI is InChI=1S/C13H16N2O4S4/c16-22(17,12-3-1-9-20-12)14-11-5-7-15(8-6-11)23(18,19)13-4-2-10-21-13/h1-4,9-11,14H,5-8H2. The van der Waals surface area contributed by atoms with Crippen molar-refractivity contribution in [3.05, 3.63) is 35.0 Å². The van der Waals surface area contributed by atoms with Crippen LogP contribution in [0.1, 0.15) is 12.8 Å². The summed E-state index contributed by atoms with van der Waals surface area (Å²) in [6.07, 6.45) is 0.935. The fourth-order valence-electron chi connectivity index (χ4n) is 2.45. The number of hydrogen-bond donors (Lipinski definition) is 1. The van der Waals surface area contributed by atoms with Gasteiger partial charge in [-0.1, -0.05) is 12.1 Å². The SMILES string of the molecule is O=S(=O)(NC1CCN(S(=O)(=O)c2cccs2)CC1)c1cccs1. The average molecular weight is 393 g/mol. The molecule has 126 valence electrons. The van der Waals surface area contributed by atoms with Crippen LogP contribution in [0.25, 0.3) is 0 Å². The lowest BCUT2D eigenvalue weighted by Crippen LogP contribution is -2.46. The second-order valence-electron chi connectivity index (χ2n) is 5.16. The second-order valence-corrected chi connectivity index (χ2v) is 11.2. The molecular formula is C13H16N2O4S4. The first-order valence-electron chi connectivity index (χ1n) is 6.99. The first-order valence-corrected chi connectivity index (χ1v) is 11.7. The lowest BCUT2D eigenvalue weighted by atomic mass is 10.1. The summed E-state index contributed by atoms with van der Waals surface area (Å²) in [6, 6.07) is 6.31. The molecule has 1 N–H and O–H groups in total. The third-order valence-electron chi connectivity index (χ3n) is 3.62. The van der Waals surface area contributed by atoms with Crippen LogP contribution in [-0.4, -0.2) is 40.3 Å². The highest BCUT2D eigenvalue weighted by Crippen LogP contribution is 2.25. The van der Waals surface area contributed by atoms with Crippen LogP contribution in [0.2, 0.25) is 0 Å². The maximum Gasteiger partial charge on any atom is 0.252 e. The summed E-state index contributed by atoms with van der Waals surface area (Å²) in [6.45, 7) is 0.635. The molecular weight excluding hydrogens is 376 g/mol. The predicted octanol–water partition coefficient (Wildman–Crippen LogP) is 1.94. The zero-order chi connectivity index (χ0) is 16.5. The summed E-state index contributed by atoms with van der Waals surface area (Å²) in [4.78, 5) is 0. The summed E-state index contributed by atoms with van der Waals surface area (Å²) in [7, 11) is -6.96. The van der Waals surface area contributed by atoms with E-state index in [2.05, 4.69) is 4.72 Å². The molecule has 1 aliphatic rings. The zero-order valence-corrected chi connectivity index (χ0v) is 15.3. The van der Waals surface area contributed by atoms with Crippen molar-refractivity contribution in [2.24, 2.45) is 0 Å². The minimum atomic E-state index is -3.51. The van der Waals surface area contributed by atoms with Crippen LogP contribution in [-0.2, 0) is 20.0 Å². The van der Waals surface area contributed by atoms with Gasteiger partial charge >= 0.3 is 0 Å². The minimum Gasteiger partial charge on any atom is -0.207 e. The van der Waals surface area contributed by atoms with Gasteiger partial charge in [0.25, 0.3) is 10.0 Å². The van der Waals surface area contributed by atoms with E-state index in [4.69, 9.17) is 0 Å². The van der Waals surface area contributed by atoms with E-state index in [9.17, 15) is 16.8 Å². The van der Waals surface area contributed by atoms with Crippen LogP contribution in [0, 0.1) is 0 Å². The molecule has 1 fully saturated rings. The van der Waals surface area contributed by atoms with Gasteiger partial charge in [-0.15, -0.1) is 22.7 Å². The van der Waals surface area contributed by atoms with Crippen molar-refractivity contribution >= 4 is 42.7 Å². The van der Waals surface area contributed by atoms with E-state index in [0.717, 1.165) is 0 Å². The molecule has 0 amide bonds. The summed E-state index contributed by atoms with van der Waals surface area (Å²) in [5.74, 6) is 0. The fourth-order valence-corrected chi connectivity index (χ4v) is 7.37. The lowest BCUT2D eigenvalue weighted by Gasteiger charge is -2.30. The van der Waals surface area contributed by atoms with E-state index in [1.54, 1.807) is 35.0 Å². The van der Waals surface area contributed by atoms with Gasteiger partial charge in [0.1, 0.15) is 8.42 Å². The third-order valence-corrected chi connectivity index (χ3v) is 9.81. The molecule has 0 radical (unpaired) electrons. The van der Waals surface area contributed by atoms with Crippen LogP contribution in [0.5, 0.6) is 0 Å². The Bertz CT molecular complexity index is 834. The Hall–Kier alpha value is -0.780. The molecule has 0 unspecified atom stereocenters. The number of piperidine rings is 1. The quantitative estimate of drug-likeness (QED) is 0.843. The van der Waals surface area contributed by atoms with Gasteiger partial charge in [0.2, 0.25) is 10.0 Å². The van der Waals surface area contributed by atoms with Gasteiger partial charge in [-0.2, -0.15) is 4.31 Å². The Morgan fingerprint density at radius 2 is 1.52 bits per heavy atom.